The number of hydrogen-bond acceptors (Lipinski definition) is 15. The van der Waals surface area contributed by atoms with Crippen LogP contribution in [0.4, 0.5) is 0 Å². The molecule has 0 amide bonds. The maximum absolute atomic E-state index is 13.1. The molecule has 576 valence electrons. The standard InChI is InChI=1S/C78H152O17P2/c1-6-10-13-16-19-22-24-26-28-30-31-32-33-35-37-39-42-48-53-58-63-77(82)94-73(68-89-76(81)62-57-52-47-41-38-36-34-29-27-25-23-20-17-14-11-7-2)69-92-96(84,85)90-65-72(79)66-91-97(86,87)93-70-74(67-88-75(80)61-56-51-46-40-21-18-15-12-8-3)95-78(83)64-59-54-49-44-43-45-50-55-60-71(5)9-4/h71-74,79H,6-70H2,1-5H3,(H,84,85)(H,86,87)/t71?,72-,73-,74-/m1/s1. The molecule has 0 saturated heterocycles. The average molecular weight is 1420 g/mol. The lowest BCUT2D eigenvalue weighted by Crippen LogP contribution is -2.30. The Hall–Kier alpha value is -1.94. The van der Waals surface area contributed by atoms with Crippen LogP contribution in [0.3, 0.4) is 0 Å². The molecule has 0 saturated carbocycles. The molecule has 0 heterocycles. The van der Waals surface area contributed by atoms with Crippen LogP contribution in [0, 0.1) is 5.92 Å². The number of aliphatic hydroxyl groups excluding tert-OH is 1. The van der Waals surface area contributed by atoms with Gasteiger partial charge in [0.1, 0.15) is 19.3 Å². The molecule has 0 aromatic carbocycles. The van der Waals surface area contributed by atoms with Gasteiger partial charge in [0.15, 0.2) is 12.2 Å². The number of ether oxygens (including phenoxy) is 4. The van der Waals surface area contributed by atoms with Crippen molar-refractivity contribution in [1.29, 1.82) is 0 Å². The number of carbonyl (C=O) groups is 4. The molecular formula is C78H152O17P2. The van der Waals surface area contributed by atoms with Gasteiger partial charge in [-0.2, -0.15) is 0 Å². The van der Waals surface area contributed by atoms with Crippen LogP contribution in [0.5, 0.6) is 0 Å². The van der Waals surface area contributed by atoms with Gasteiger partial charge in [0, 0.05) is 25.7 Å². The summed E-state index contributed by atoms with van der Waals surface area (Å²) in [5.41, 5.74) is 0. The number of phosphoric acid groups is 2. The first-order valence-electron chi connectivity index (χ1n) is 40.7. The van der Waals surface area contributed by atoms with Crippen LogP contribution in [0.15, 0.2) is 0 Å². The molecule has 3 N–H and O–H groups in total. The Morgan fingerprint density at radius 2 is 0.495 bits per heavy atom. The van der Waals surface area contributed by atoms with Crippen LogP contribution in [0.2, 0.25) is 0 Å². The quantitative estimate of drug-likeness (QED) is 0.0222. The molecule has 0 aromatic heterocycles. The Bertz CT molecular complexity index is 1860. The average Bonchev–Trinajstić information content (AvgIpc) is 1.22. The van der Waals surface area contributed by atoms with Crippen molar-refractivity contribution in [3.63, 3.8) is 0 Å². The number of hydrogen-bond donors (Lipinski definition) is 3. The molecule has 19 heteroatoms. The molecule has 0 fully saturated rings. The number of unbranched alkanes of at least 4 members (excludes halogenated alkanes) is 49. The van der Waals surface area contributed by atoms with E-state index in [9.17, 15) is 43.2 Å². The first-order chi connectivity index (χ1) is 47.1. The van der Waals surface area contributed by atoms with E-state index in [1.807, 2.05) is 0 Å². The first kappa shape index (κ1) is 95.1. The molecule has 0 bridgehead atoms. The van der Waals surface area contributed by atoms with Gasteiger partial charge in [0.05, 0.1) is 26.4 Å². The maximum atomic E-state index is 13.1. The van der Waals surface area contributed by atoms with Crippen LogP contribution in [0.1, 0.15) is 413 Å². The van der Waals surface area contributed by atoms with Crippen LogP contribution >= 0.6 is 15.6 Å². The maximum Gasteiger partial charge on any atom is 0.472 e. The lowest BCUT2D eigenvalue weighted by atomic mass is 9.99. The molecule has 0 aliphatic rings. The van der Waals surface area contributed by atoms with Crippen LogP contribution in [0.25, 0.3) is 0 Å². The summed E-state index contributed by atoms with van der Waals surface area (Å²) in [5.74, 6) is -1.34. The smallest absolute Gasteiger partial charge is 0.462 e. The summed E-state index contributed by atoms with van der Waals surface area (Å²) in [6.07, 6.45) is 61.1. The van der Waals surface area contributed by atoms with Crippen molar-refractivity contribution < 1.29 is 80.2 Å². The molecule has 0 radical (unpaired) electrons. The van der Waals surface area contributed by atoms with E-state index in [1.54, 1.807) is 0 Å². The van der Waals surface area contributed by atoms with Crippen LogP contribution in [-0.4, -0.2) is 96.7 Å². The van der Waals surface area contributed by atoms with Crippen molar-refractivity contribution in [2.75, 3.05) is 39.6 Å². The SMILES string of the molecule is CCCCCCCCCCCCCCCCCCCCCCC(=O)O[C@H](COC(=O)CCCCCCCCCCCCCCCCCC)COP(=O)(O)OC[C@@H](O)COP(=O)(O)OC[C@@H](COC(=O)CCCCCCCCCCC)OC(=O)CCCCCCCCCCC(C)CC. The Morgan fingerprint density at radius 3 is 0.732 bits per heavy atom. The van der Waals surface area contributed by atoms with Crippen molar-refractivity contribution in [3.8, 4) is 0 Å². The Morgan fingerprint density at radius 1 is 0.289 bits per heavy atom. The highest BCUT2D eigenvalue weighted by molar-refractivity contribution is 7.47. The summed E-state index contributed by atoms with van der Waals surface area (Å²) < 4.78 is 68.6. The first-order valence-corrected chi connectivity index (χ1v) is 43.7. The van der Waals surface area contributed by atoms with E-state index in [0.29, 0.717) is 25.7 Å². The summed E-state index contributed by atoms with van der Waals surface area (Å²) in [6.45, 7) is 7.29. The zero-order valence-electron chi connectivity index (χ0n) is 63.2. The normalized spacial score (nSPS) is 14.2. The molecule has 3 unspecified atom stereocenters. The third-order valence-electron chi connectivity index (χ3n) is 18.6. The number of phosphoric ester groups is 2. The molecule has 0 aromatic rings. The monoisotopic (exact) mass is 1420 g/mol. The minimum Gasteiger partial charge on any atom is -0.462 e. The zero-order chi connectivity index (χ0) is 71.2. The number of carbonyl (C=O) groups excluding carboxylic acids is 4. The third-order valence-corrected chi connectivity index (χ3v) is 20.5. The number of aliphatic hydroxyl groups is 1. The summed E-state index contributed by atoms with van der Waals surface area (Å²) in [4.78, 5) is 72.8. The van der Waals surface area contributed by atoms with Gasteiger partial charge in [-0.25, -0.2) is 9.13 Å². The summed E-state index contributed by atoms with van der Waals surface area (Å²) in [5, 5.41) is 10.6. The van der Waals surface area contributed by atoms with Gasteiger partial charge >= 0.3 is 39.5 Å². The fourth-order valence-electron chi connectivity index (χ4n) is 12.0. The highest BCUT2D eigenvalue weighted by Crippen LogP contribution is 2.45. The Kier molecular flexibility index (Phi) is 69.6. The zero-order valence-corrected chi connectivity index (χ0v) is 65.0. The Labute approximate surface area is 594 Å². The second-order valence-corrected chi connectivity index (χ2v) is 31.3. The predicted octanol–water partition coefficient (Wildman–Crippen LogP) is 23.3. The largest absolute Gasteiger partial charge is 0.472 e. The van der Waals surface area contributed by atoms with Gasteiger partial charge in [-0.1, -0.05) is 362 Å². The molecule has 0 spiro atoms. The molecule has 17 nitrogen and oxygen atoms in total. The molecule has 97 heavy (non-hydrogen) atoms. The minimum absolute atomic E-state index is 0.105. The van der Waals surface area contributed by atoms with E-state index in [2.05, 4.69) is 34.6 Å². The highest BCUT2D eigenvalue weighted by atomic mass is 31.2. The van der Waals surface area contributed by atoms with Gasteiger partial charge in [-0.15, -0.1) is 0 Å². The highest BCUT2D eigenvalue weighted by Gasteiger charge is 2.30. The van der Waals surface area contributed by atoms with Crippen molar-refractivity contribution in [1.82, 2.24) is 0 Å². The fraction of sp³-hybridized carbons (Fsp3) is 0.949. The molecule has 0 rings (SSSR count). The van der Waals surface area contributed by atoms with Gasteiger partial charge in [0.2, 0.25) is 0 Å². The van der Waals surface area contributed by atoms with Crippen molar-refractivity contribution in [3.05, 3.63) is 0 Å². The minimum atomic E-state index is -4.96. The summed E-state index contributed by atoms with van der Waals surface area (Å²) in [6, 6.07) is 0. The molecule has 0 aliphatic heterocycles. The van der Waals surface area contributed by atoms with Crippen molar-refractivity contribution in [2.45, 2.75) is 432 Å². The van der Waals surface area contributed by atoms with Gasteiger partial charge in [-0.3, -0.25) is 37.3 Å². The molecule has 6 atom stereocenters. The van der Waals surface area contributed by atoms with E-state index in [1.165, 1.54) is 238 Å². The molecular weight excluding hydrogens is 1270 g/mol. The topological polar surface area (TPSA) is 237 Å². The van der Waals surface area contributed by atoms with Crippen molar-refractivity contribution in [2.24, 2.45) is 5.92 Å². The van der Waals surface area contributed by atoms with E-state index in [4.69, 9.17) is 37.0 Å². The summed E-state index contributed by atoms with van der Waals surface area (Å²) in [7, 11) is -9.91. The second kappa shape index (κ2) is 71.1. The van der Waals surface area contributed by atoms with Gasteiger partial charge in [-0.05, 0) is 31.6 Å². The Balaban J connectivity index is 5.21. The number of esters is 4. The number of rotatable bonds is 78. The van der Waals surface area contributed by atoms with Gasteiger partial charge < -0.3 is 33.8 Å². The van der Waals surface area contributed by atoms with E-state index in [-0.39, 0.29) is 25.7 Å². The lowest BCUT2D eigenvalue weighted by molar-refractivity contribution is -0.161. The van der Waals surface area contributed by atoms with Gasteiger partial charge in [0.25, 0.3) is 0 Å². The van der Waals surface area contributed by atoms with Crippen molar-refractivity contribution >= 4 is 39.5 Å². The van der Waals surface area contributed by atoms with E-state index >= 15 is 0 Å². The predicted molar refractivity (Wildman–Crippen MR) is 395 cm³/mol. The summed E-state index contributed by atoms with van der Waals surface area (Å²) >= 11 is 0. The van der Waals surface area contributed by atoms with Crippen LogP contribution in [-0.2, 0) is 65.4 Å². The fourth-order valence-corrected chi connectivity index (χ4v) is 13.6. The van der Waals surface area contributed by atoms with Crippen LogP contribution < -0.4 is 0 Å². The van der Waals surface area contributed by atoms with E-state index < -0.39 is 97.5 Å². The molecule has 0 aliphatic carbocycles. The third kappa shape index (κ3) is 70.9. The lowest BCUT2D eigenvalue weighted by Gasteiger charge is -2.21. The van der Waals surface area contributed by atoms with E-state index in [0.717, 1.165) is 95.8 Å². The second-order valence-electron chi connectivity index (χ2n) is 28.3.